The van der Waals surface area contributed by atoms with Crippen molar-refractivity contribution in [3.05, 3.63) is 60.2 Å². The summed E-state index contributed by atoms with van der Waals surface area (Å²) >= 11 is 0. The largest absolute Gasteiger partial charge is 0.478 e. The molecular weight excluding hydrogens is 285 g/mol. The number of nitrogens with zero attached hydrogens (tertiary/aromatic N) is 3. The Morgan fingerprint density at radius 2 is 2.00 bits per heavy atom. The Labute approximate surface area is 125 Å². The van der Waals surface area contributed by atoms with Crippen LogP contribution >= 0.6 is 0 Å². The van der Waals surface area contributed by atoms with E-state index in [4.69, 9.17) is 5.11 Å². The van der Waals surface area contributed by atoms with Gasteiger partial charge in [0, 0.05) is 12.6 Å². The third-order valence-corrected chi connectivity index (χ3v) is 3.35. The number of halogens is 1. The van der Waals surface area contributed by atoms with Gasteiger partial charge >= 0.3 is 5.97 Å². The van der Waals surface area contributed by atoms with Crippen LogP contribution in [0.5, 0.6) is 0 Å². The molecule has 0 aliphatic carbocycles. The molecule has 0 bridgehead atoms. The first-order chi connectivity index (χ1) is 10.6. The molecule has 0 aliphatic rings. The highest BCUT2D eigenvalue weighted by Gasteiger charge is 2.14. The number of benzene rings is 2. The van der Waals surface area contributed by atoms with Gasteiger partial charge in [-0.25, -0.2) is 9.18 Å². The third kappa shape index (κ3) is 2.46. The van der Waals surface area contributed by atoms with Crippen molar-refractivity contribution in [2.75, 3.05) is 0 Å². The number of hydrogen-bond acceptors (Lipinski definition) is 3. The SMILES string of the molecule is Cn1cnnc1-c1cc(F)ccc1-c1cccc(C(=O)O)c1. The standard InChI is InChI=1S/C16H12FN3O2/c1-20-9-18-19-15(20)14-8-12(17)5-6-13(14)10-3-2-4-11(7-10)16(21)22/h2-9H,1H3,(H,21,22). The Morgan fingerprint density at radius 3 is 2.68 bits per heavy atom. The maximum absolute atomic E-state index is 13.6. The minimum atomic E-state index is -1.01. The normalized spacial score (nSPS) is 10.6. The van der Waals surface area contributed by atoms with Gasteiger partial charge in [0.1, 0.15) is 12.1 Å². The van der Waals surface area contributed by atoms with Crippen LogP contribution in [0.1, 0.15) is 10.4 Å². The van der Waals surface area contributed by atoms with Gasteiger partial charge in [-0.3, -0.25) is 0 Å². The summed E-state index contributed by atoms with van der Waals surface area (Å²) in [6.07, 6.45) is 1.53. The minimum absolute atomic E-state index is 0.172. The van der Waals surface area contributed by atoms with Crippen LogP contribution in [0.3, 0.4) is 0 Å². The van der Waals surface area contributed by atoms with Crippen LogP contribution in [0.15, 0.2) is 48.8 Å². The van der Waals surface area contributed by atoms with Crippen LogP contribution < -0.4 is 0 Å². The number of aromatic nitrogens is 3. The average molecular weight is 297 g/mol. The number of hydrogen-bond donors (Lipinski definition) is 1. The second-order valence-corrected chi connectivity index (χ2v) is 4.84. The number of aryl methyl sites for hydroxylation is 1. The number of aromatic carboxylic acids is 1. The highest BCUT2D eigenvalue weighted by Crippen LogP contribution is 2.31. The molecule has 0 fully saturated rings. The van der Waals surface area contributed by atoms with Gasteiger partial charge in [-0.15, -0.1) is 10.2 Å². The highest BCUT2D eigenvalue weighted by molar-refractivity contribution is 5.90. The molecule has 110 valence electrons. The van der Waals surface area contributed by atoms with Crippen molar-refractivity contribution >= 4 is 5.97 Å². The van der Waals surface area contributed by atoms with Crippen molar-refractivity contribution in [3.8, 4) is 22.5 Å². The number of carboxylic acid groups (broad SMARTS) is 1. The smallest absolute Gasteiger partial charge is 0.335 e. The van der Waals surface area contributed by atoms with Crippen molar-refractivity contribution in [2.45, 2.75) is 0 Å². The van der Waals surface area contributed by atoms with Crippen molar-refractivity contribution in [3.63, 3.8) is 0 Å². The monoisotopic (exact) mass is 297 g/mol. The predicted molar refractivity (Wildman–Crippen MR) is 78.8 cm³/mol. The lowest BCUT2D eigenvalue weighted by Gasteiger charge is -2.10. The van der Waals surface area contributed by atoms with Crippen LogP contribution in [0.25, 0.3) is 22.5 Å². The van der Waals surface area contributed by atoms with Gasteiger partial charge < -0.3 is 9.67 Å². The van der Waals surface area contributed by atoms with E-state index in [2.05, 4.69) is 10.2 Å². The summed E-state index contributed by atoms with van der Waals surface area (Å²) < 4.78 is 15.3. The van der Waals surface area contributed by atoms with E-state index in [9.17, 15) is 9.18 Å². The molecule has 3 rings (SSSR count). The highest BCUT2D eigenvalue weighted by atomic mass is 19.1. The van der Waals surface area contributed by atoms with Crippen LogP contribution in [0, 0.1) is 5.82 Å². The molecule has 22 heavy (non-hydrogen) atoms. The average Bonchev–Trinajstić information content (AvgIpc) is 2.93. The van der Waals surface area contributed by atoms with Gasteiger partial charge in [0.15, 0.2) is 5.82 Å². The van der Waals surface area contributed by atoms with Crippen molar-refractivity contribution in [1.82, 2.24) is 14.8 Å². The van der Waals surface area contributed by atoms with E-state index >= 15 is 0 Å². The Balaban J connectivity index is 2.22. The Kier molecular flexibility index (Phi) is 3.42. The third-order valence-electron chi connectivity index (χ3n) is 3.35. The minimum Gasteiger partial charge on any atom is -0.478 e. The molecule has 1 N–H and O–H groups in total. The maximum atomic E-state index is 13.6. The van der Waals surface area contributed by atoms with Gasteiger partial charge in [-0.05, 0) is 35.4 Å². The summed E-state index contributed by atoms with van der Waals surface area (Å²) in [5.74, 6) is -0.893. The van der Waals surface area contributed by atoms with Gasteiger partial charge in [0.05, 0.1) is 5.56 Å². The molecule has 3 aromatic rings. The van der Waals surface area contributed by atoms with E-state index < -0.39 is 11.8 Å². The molecule has 0 amide bonds. The van der Waals surface area contributed by atoms with E-state index in [0.717, 1.165) is 0 Å². The van der Waals surface area contributed by atoms with Crippen LogP contribution in [-0.4, -0.2) is 25.8 Å². The molecule has 6 heteroatoms. The molecule has 1 aromatic heterocycles. The first-order valence-electron chi connectivity index (χ1n) is 6.54. The lowest BCUT2D eigenvalue weighted by atomic mass is 9.97. The first-order valence-corrected chi connectivity index (χ1v) is 6.54. The molecule has 0 spiro atoms. The van der Waals surface area contributed by atoms with Gasteiger partial charge in [0.2, 0.25) is 0 Å². The van der Waals surface area contributed by atoms with Crippen LogP contribution in [-0.2, 0) is 7.05 Å². The summed E-state index contributed by atoms with van der Waals surface area (Å²) in [5, 5.41) is 16.9. The molecule has 0 unspecified atom stereocenters. The number of carboxylic acids is 1. The second kappa shape index (κ2) is 5.40. The lowest BCUT2D eigenvalue weighted by Crippen LogP contribution is -1.98. The van der Waals surface area contributed by atoms with Gasteiger partial charge in [0.25, 0.3) is 0 Å². The summed E-state index contributed by atoms with van der Waals surface area (Å²) in [4.78, 5) is 11.1. The zero-order chi connectivity index (χ0) is 15.7. The molecule has 0 saturated heterocycles. The van der Waals surface area contributed by atoms with Crippen LogP contribution in [0.2, 0.25) is 0 Å². The van der Waals surface area contributed by atoms with E-state index in [-0.39, 0.29) is 5.56 Å². The Hall–Kier alpha value is -3.02. The fourth-order valence-corrected chi connectivity index (χ4v) is 2.30. The van der Waals surface area contributed by atoms with E-state index in [0.29, 0.717) is 22.5 Å². The molecule has 0 atom stereocenters. The first kappa shape index (κ1) is 13.9. The number of carbonyl (C=O) groups is 1. The summed E-state index contributed by atoms with van der Waals surface area (Å²) in [5.41, 5.74) is 2.10. The quantitative estimate of drug-likeness (QED) is 0.807. The zero-order valence-corrected chi connectivity index (χ0v) is 11.7. The molecular formula is C16H12FN3O2. The predicted octanol–water partition coefficient (Wildman–Crippen LogP) is 2.99. The fraction of sp³-hybridized carbons (Fsp3) is 0.0625. The van der Waals surface area contributed by atoms with Crippen LogP contribution in [0.4, 0.5) is 4.39 Å². The summed E-state index contributed by atoms with van der Waals surface area (Å²) in [7, 11) is 1.76. The van der Waals surface area contributed by atoms with E-state index in [1.54, 1.807) is 35.9 Å². The summed E-state index contributed by atoms with van der Waals surface area (Å²) in [6, 6.07) is 10.8. The second-order valence-electron chi connectivity index (χ2n) is 4.84. The Morgan fingerprint density at radius 1 is 1.18 bits per heavy atom. The molecule has 5 nitrogen and oxygen atoms in total. The molecule has 1 heterocycles. The molecule has 0 radical (unpaired) electrons. The van der Waals surface area contributed by atoms with Gasteiger partial charge in [-0.1, -0.05) is 18.2 Å². The maximum Gasteiger partial charge on any atom is 0.335 e. The van der Waals surface area contributed by atoms with E-state index in [1.807, 2.05) is 0 Å². The summed E-state index contributed by atoms with van der Waals surface area (Å²) in [6.45, 7) is 0. The van der Waals surface area contributed by atoms with Crippen molar-refractivity contribution < 1.29 is 14.3 Å². The molecule has 2 aromatic carbocycles. The van der Waals surface area contributed by atoms with E-state index in [1.165, 1.54) is 24.5 Å². The fourth-order valence-electron chi connectivity index (χ4n) is 2.30. The number of rotatable bonds is 3. The molecule has 0 aliphatic heterocycles. The lowest BCUT2D eigenvalue weighted by molar-refractivity contribution is 0.0697. The van der Waals surface area contributed by atoms with Crippen molar-refractivity contribution in [1.29, 1.82) is 0 Å². The Bertz CT molecular complexity index is 858. The topological polar surface area (TPSA) is 68.0 Å². The molecule has 0 saturated carbocycles. The van der Waals surface area contributed by atoms with Gasteiger partial charge in [-0.2, -0.15) is 0 Å². The zero-order valence-electron chi connectivity index (χ0n) is 11.7. The van der Waals surface area contributed by atoms with Crippen molar-refractivity contribution in [2.24, 2.45) is 7.05 Å².